The number of hydrogen-bond acceptors (Lipinski definition) is 2. The minimum atomic E-state index is 0.0166. The SMILES string of the molecule is CC(C)c1nccn1CC(N)c1ccccc1. The number of benzene rings is 1. The van der Waals surface area contributed by atoms with Gasteiger partial charge >= 0.3 is 0 Å². The Morgan fingerprint density at radius 2 is 1.94 bits per heavy atom. The third-order valence-electron chi connectivity index (χ3n) is 2.89. The third-order valence-corrected chi connectivity index (χ3v) is 2.89. The van der Waals surface area contributed by atoms with Crippen LogP contribution in [0.3, 0.4) is 0 Å². The fraction of sp³-hybridized carbons (Fsp3) is 0.357. The summed E-state index contributed by atoms with van der Waals surface area (Å²) in [6, 6.07) is 10.2. The van der Waals surface area contributed by atoms with Gasteiger partial charge in [-0.25, -0.2) is 4.98 Å². The molecule has 1 aromatic carbocycles. The first-order chi connectivity index (χ1) is 8.18. The minimum Gasteiger partial charge on any atom is -0.333 e. The molecule has 0 bridgehead atoms. The molecule has 17 heavy (non-hydrogen) atoms. The van der Waals surface area contributed by atoms with Gasteiger partial charge in [0.1, 0.15) is 5.82 Å². The fourth-order valence-electron chi connectivity index (χ4n) is 1.99. The van der Waals surface area contributed by atoms with E-state index in [9.17, 15) is 0 Å². The lowest BCUT2D eigenvalue weighted by Gasteiger charge is -2.16. The first-order valence-electron chi connectivity index (χ1n) is 6.00. The molecule has 0 aliphatic carbocycles. The molecule has 0 amide bonds. The normalized spacial score (nSPS) is 12.9. The van der Waals surface area contributed by atoms with Crippen molar-refractivity contribution in [3.8, 4) is 0 Å². The fourth-order valence-corrected chi connectivity index (χ4v) is 1.99. The Labute approximate surface area is 102 Å². The third kappa shape index (κ3) is 2.74. The highest BCUT2D eigenvalue weighted by Crippen LogP contribution is 2.16. The lowest BCUT2D eigenvalue weighted by molar-refractivity contribution is 0.542. The Bertz CT molecular complexity index is 459. The number of hydrogen-bond donors (Lipinski definition) is 1. The van der Waals surface area contributed by atoms with Crippen LogP contribution in [0.5, 0.6) is 0 Å². The molecule has 1 aromatic heterocycles. The smallest absolute Gasteiger partial charge is 0.111 e. The molecule has 0 aliphatic heterocycles. The lowest BCUT2D eigenvalue weighted by atomic mass is 10.1. The van der Waals surface area contributed by atoms with Crippen molar-refractivity contribution in [1.82, 2.24) is 9.55 Å². The quantitative estimate of drug-likeness (QED) is 0.876. The summed E-state index contributed by atoms with van der Waals surface area (Å²) >= 11 is 0. The number of aromatic nitrogens is 2. The highest BCUT2D eigenvalue weighted by Gasteiger charge is 2.11. The van der Waals surface area contributed by atoms with Gasteiger partial charge < -0.3 is 10.3 Å². The Kier molecular flexibility index (Phi) is 3.59. The lowest BCUT2D eigenvalue weighted by Crippen LogP contribution is -2.19. The molecule has 2 N–H and O–H groups in total. The van der Waals surface area contributed by atoms with Crippen molar-refractivity contribution in [1.29, 1.82) is 0 Å². The van der Waals surface area contributed by atoms with Gasteiger partial charge in [-0.2, -0.15) is 0 Å². The molecule has 0 fully saturated rings. The molecule has 0 spiro atoms. The summed E-state index contributed by atoms with van der Waals surface area (Å²) in [6.07, 6.45) is 3.84. The summed E-state index contributed by atoms with van der Waals surface area (Å²) in [5, 5.41) is 0. The Balaban J connectivity index is 2.13. The molecular weight excluding hydrogens is 210 g/mol. The minimum absolute atomic E-state index is 0.0166. The molecule has 1 atom stereocenters. The van der Waals surface area contributed by atoms with Gasteiger partial charge in [0.15, 0.2) is 0 Å². The molecule has 2 aromatic rings. The molecule has 0 saturated heterocycles. The zero-order valence-corrected chi connectivity index (χ0v) is 10.4. The molecule has 0 saturated carbocycles. The maximum Gasteiger partial charge on any atom is 0.111 e. The monoisotopic (exact) mass is 229 g/mol. The molecule has 1 unspecified atom stereocenters. The van der Waals surface area contributed by atoms with E-state index in [0.29, 0.717) is 5.92 Å². The van der Waals surface area contributed by atoms with Crippen LogP contribution in [0.4, 0.5) is 0 Å². The van der Waals surface area contributed by atoms with Crippen molar-refractivity contribution in [2.45, 2.75) is 32.4 Å². The van der Waals surface area contributed by atoms with Crippen LogP contribution in [0.2, 0.25) is 0 Å². The predicted molar refractivity (Wildman–Crippen MR) is 69.7 cm³/mol. The van der Waals surface area contributed by atoms with Gasteiger partial charge in [-0.05, 0) is 5.56 Å². The summed E-state index contributed by atoms with van der Waals surface area (Å²) in [5.74, 6) is 1.52. The van der Waals surface area contributed by atoms with Crippen molar-refractivity contribution in [2.75, 3.05) is 0 Å². The van der Waals surface area contributed by atoms with Crippen LogP contribution in [-0.2, 0) is 6.54 Å². The van der Waals surface area contributed by atoms with E-state index < -0.39 is 0 Å². The second-order valence-corrected chi connectivity index (χ2v) is 4.61. The van der Waals surface area contributed by atoms with Gasteiger partial charge in [-0.1, -0.05) is 44.2 Å². The summed E-state index contributed by atoms with van der Waals surface area (Å²) < 4.78 is 2.14. The summed E-state index contributed by atoms with van der Waals surface area (Å²) in [5.41, 5.74) is 7.37. The Morgan fingerprint density at radius 1 is 1.24 bits per heavy atom. The van der Waals surface area contributed by atoms with Gasteiger partial charge in [0.25, 0.3) is 0 Å². The van der Waals surface area contributed by atoms with E-state index in [2.05, 4.69) is 35.5 Å². The second-order valence-electron chi connectivity index (χ2n) is 4.61. The van der Waals surface area contributed by atoms with Crippen LogP contribution in [0.15, 0.2) is 42.7 Å². The van der Waals surface area contributed by atoms with E-state index in [1.54, 1.807) is 0 Å². The van der Waals surface area contributed by atoms with E-state index in [-0.39, 0.29) is 6.04 Å². The van der Waals surface area contributed by atoms with Gasteiger partial charge in [-0.3, -0.25) is 0 Å². The highest BCUT2D eigenvalue weighted by molar-refractivity contribution is 5.18. The Morgan fingerprint density at radius 3 is 2.59 bits per heavy atom. The van der Waals surface area contributed by atoms with Crippen LogP contribution >= 0.6 is 0 Å². The topological polar surface area (TPSA) is 43.8 Å². The summed E-state index contributed by atoms with van der Waals surface area (Å²) in [6.45, 7) is 5.07. The van der Waals surface area contributed by atoms with Crippen LogP contribution in [0, 0.1) is 0 Å². The van der Waals surface area contributed by atoms with Crippen molar-refractivity contribution >= 4 is 0 Å². The molecule has 3 heteroatoms. The zero-order valence-electron chi connectivity index (χ0n) is 10.4. The largest absolute Gasteiger partial charge is 0.333 e. The number of nitrogens with zero attached hydrogens (tertiary/aromatic N) is 2. The second kappa shape index (κ2) is 5.15. The van der Waals surface area contributed by atoms with E-state index in [1.807, 2.05) is 30.6 Å². The van der Waals surface area contributed by atoms with Gasteiger partial charge in [0.05, 0.1) is 0 Å². The standard InChI is InChI=1S/C14H19N3/c1-11(2)14-16-8-9-17(14)10-13(15)12-6-4-3-5-7-12/h3-9,11,13H,10,15H2,1-2H3. The Hall–Kier alpha value is -1.61. The van der Waals surface area contributed by atoms with Gasteiger partial charge in [-0.15, -0.1) is 0 Å². The van der Waals surface area contributed by atoms with E-state index in [1.165, 1.54) is 0 Å². The molecular formula is C14H19N3. The zero-order chi connectivity index (χ0) is 12.3. The van der Waals surface area contributed by atoms with E-state index >= 15 is 0 Å². The highest BCUT2D eigenvalue weighted by atomic mass is 15.1. The van der Waals surface area contributed by atoms with Crippen molar-refractivity contribution in [2.24, 2.45) is 5.73 Å². The van der Waals surface area contributed by atoms with E-state index in [0.717, 1.165) is 17.9 Å². The predicted octanol–water partition coefficient (Wildman–Crippen LogP) is 2.71. The van der Waals surface area contributed by atoms with Gasteiger partial charge in [0.2, 0.25) is 0 Å². The van der Waals surface area contributed by atoms with Crippen molar-refractivity contribution in [3.05, 3.63) is 54.1 Å². The first kappa shape index (κ1) is 11.9. The van der Waals surface area contributed by atoms with Crippen LogP contribution < -0.4 is 5.73 Å². The maximum absolute atomic E-state index is 6.21. The molecule has 2 rings (SSSR count). The average molecular weight is 229 g/mol. The van der Waals surface area contributed by atoms with Crippen LogP contribution in [-0.4, -0.2) is 9.55 Å². The summed E-state index contributed by atoms with van der Waals surface area (Å²) in [4.78, 5) is 4.37. The summed E-state index contributed by atoms with van der Waals surface area (Å²) in [7, 11) is 0. The average Bonchev–Trinajstić information content (AvgIpc) is 2.78. The molecule has 1 heterocycles. The first-order valence-corrected chi connectivity index (χ1v) is 6.00. The number of rotatable bonds is 4. The number of imidazole rings is 1. The maximum atomic E-state index is 6.21. The number of nitrogens with two attached hydrogens (primary N) is 1. The molecule has 0 aliphatic rings. The van der Waals surface area contributed by atoms with E-state index in [4.69, 9.17) is 5.73 Å². The van der Waals surface area contributed by atoms with Crippen molar-refractivity contribution in [3.63, 3.8) is 0 Å². The molecule has 0 radical (unpaired) electrons. The van der Waals surface area contributed by atoms with Gasteiger partial charge in [0, 0.05) is 30.9 Å². The van der Waals surface area contributed by atoms with Crippen LogP contribution in [0.1, 0.15) is 37.2 Å². The molecule has 3 nitrogen and oxygen atoms in total. The van der Waals surface area contributed by atoms with Crippen LogP contribution in [0.25, 0.3) is 0 Å². The van der Waals surface area contributed by atoms with Crippen molar-refractivity contribution < 1.29 is 0 Å². The molecule has 90 valence electrons.